The highest BCUT2D eigenvalue weighted by Gasteiger charge is 2.15. The van der Waals surface area contributed by atoms with Crippen molar-refractivity contribution in [2.24, 2.45) is 4.99 Å². The van der Waals surface area contributed by atoms with E-state index in [4.69, 9.17) is 4.98 Å². The first-order chi connectivity index (χ1) is 13.2. The Bertz CT molecular complexity index is 739. The van der Waals surface area contributed by atoms with E-state index < -0.39 is 0 Å². The number of halogens is 1. The molecule has 0 saturated carbocycles. The Kier molecular flexibility index (Phi) is 7.45. The predicted octanol–water partition coefficient (Wildman–Crippen LogP) is 3.22. The molecule has 0 atom stereocenters. The quantitative estimate of drug-likeness (QED) is 0.538. The highest BCUT2D eigenvalue weighted by atomic mass is 32.1. The maximum absolute atomic E-state index is 13.2. The Morgan fingerprint density at radius 1 is 1.26 bits per heavy atom. The van der Waals surface area contributed by atoms with Crippen LogP contribution in [0.3, 0.4) is 0 Å². The van der Waals surface area contributed by atoms with Crippen LogP contribution in [0.25, 0.3) is 0 Å². The third kappa shape index (κ3) is 6.20. The highest BCUT2D eigenvalue weighted by molar-refractivity contribution is 7.13. The zero-order valence-corrected chi connectivity index (χ0v) is 16.7. The van der Waals surface area contributed by atoms with Gasteiger partial charge in [-0.2, -0.15) is 0 Å². The fourth-order valence-electron chi connectivity index (χ4n) is 3.11. The van der Waals surface area contributed by atoms with E-state index in [2.05, 4.69) is 25.9 Å². The van der Waals surface area contributed by atoms with Crippen LogP contribution in [-0.2, 0) is 12.8 Å². The van der Waals surface area contributed by atoms with Crippen molar-refractivity contribution in [3.8, 4) is 0 Å². The zero-order chi connectivity index (χ0) is 18.9. The van der Waals surface area contributed by atoms with Crippen molar-refractivity contribution in [1.29, 1.82) is 0 Å². The van der Waals surface area contributed by atoms with E-state index in [1.54, 1.807) is 23.5 Å². The number of nitrogens with zero attached hydrogens (tertiary/aromatic N) is 3. The molecule has 2 heterocycles. The van der Waals surface area contributed by atoms with E-state index in [0.717, 1.165) is 54.8 Å². The van der Waals surface area contributed by atoms with Gasteiger partial charge in [0.25, 0.3) is 0 Å². The Morgan fingerprint density at radius 3 is 2.89 bits per heavy atom. The van der Waals surface area contributed by atoms with E-state index in [1.807, 2.05) is 13.0 Å². The van der Waals surface area contributed by atoms with Gasteiger partial charge >= 0.3 is 0 Å². The minimum absolute atomic E-state index is 0.190. The number of aromatic nitrogens is 1. The molecule has 0 bridgehead atoms. The van der Waals surface area contributed by atoms with Gasteiger partial charge in [0, 0.05) is 44.5 Å². The minimum atomic E-state index is -0.190. The standard InChI is InChI=1S/C20H28FN5S/c1-2-22-19(23-10-8-16-6-5-7-17(21)14-16)24-11-9-18-15-27-20(25-18)26-12-3-4-13-26/h5-7,14-15H,2-4,8-13H2,1H3,(H2,22,23,24). The monoisotopic (exact) mass is 389 g/mol. The summed E-state index contributed by atoms with van der Waals surface area (Å²) in [7, 11) is 0. The lowest BCUT2D eigenvalue weighted by atomic mass is 10.1. The van der Waals surface area contributed by atoms with Crippen LogP contribution in [0.1, 0.15) is 31.0 Å². The van der Waals surface area contributed by atoms with E-state index in [0.29, 0.717) is 13.1 Å². The number of guanidine groups is 1. The lowest BCUT2D eigenvalue weighted by Gasteiger charge is -2.12. The van der Waals surface area contributed by atoms with Gasteiger partial charge in [-0.3, -0.25) is 4.99 Å². The molecule has 1 fully saturated rings. The normalized spacial score (nSPS) is 14.6. The third-order valence-electron chi connectivity index (χ3n) is 4.49. The second-order valence-corrected chi connectivity index (χ2v) is 7.47. The molecule has 7 heteroatoms. The van der Waals surface area contributed by atoms with Crippen molar-refractivity contribution >= 4 is 22.4 Å². The summed E-state index contributed by atoms with van der Waals surface area (Å²) in [4.78, 5) is 11.8. The average molecular weight is 390 g/mol. The fraction of sp³-hybridized carbons (Fsp3) is 0.500. The summed E-state index contributed by atoms with van der Waals surface area (Å²) in [5.74, 6) is 0.605. The van der Waals surface area contributed by atoms with E-state index in [9.17, 15) is 4.39 Å². The van der Waals surface area contributed by atoms with Crippen molar-refractivity contribution in [2.45, 2.75) is 32.6 Å². The van der Waals surface area contributed by atoms with Crippen LogP contribution in [0.15, 0.2) is 34.6 Å². The molecule has 0 radical (unpaired) electrons. The zero-order valence-electron chi connectivity index (χ0n) is 15.9. The molecule has 5 nitrogen and oxygen atoms in total. The van der Waals surface area contributed by atoms with Gasteiger partial charge in [-0.05, 0) is 43.9 Å². The number of benzene rings is 1. The molecule has 1 saturated heterocycles. The van der Waals surface area contributed by atoms with Gasteiger partial charge in [0.1, 0.15) is 5.82 Å². The van der Waals surface area contributed by atoms with E-state index >= 15 is 0 Å². The average Bonchev–Trinajstić information content (AvgIpc) is 3.33. The molecule has 27 heavy (non-hydrogen) atoms. The van der Waals surface area contributed by atoms with Gasteiger partial charge in [0.2, 0.25) is 0 Å². The molecular weight excluding hydrogens is 361 g/mol. The summed E-state index contributed by atoms with van der Waals surface area (Å²) in [5, 5.41) is 9.86. The van der Waals surface area contributed by atoms with Gasteiger partial charge in [-0.15, -0.1) is 11.3 Å². The fourth-order valence-corrected chi connectivity index (χ4v) is 4.02. The van der Waals surface area contributed by atoms with Gasteiger partial charge in [-0.25, -0.2) is 9.37 Å². The predicted molar refractivity (Wildman–Crippen MR) is 111 cm³/mol. The van der Waals surface area contributed by atoms with Gasteiger partial charge in [0.15, 0.2) is 11.1 Å². The molecule has 2 N–H and O–H groups in total. The van der Waals surface area contributed by atoms with Crippen LogP contribution in [0, 0.1) is 5.82 Å². The second-order valence-electron chi connectivity index (χ2n) is 6.63. The summed E-state index contributed by atoms with van der Waals surface area (Å²) in [5.41, 5.74) is 2.09. The lowest BCUT2D eigenvalue weighted by molar-refractivity contribution is 0.625. The van der Waals surface area contributed by atoms with Crippen molar-refractivity contribution in [1.82, 2.24) is 15.6 Å². The van der Waals surface area contributed by atoms with Crippen LogP contribution in [0.4, 0.5) is 9.52 Å². The topological polar surface area (TPSA) is 52.6 Å². The molecule has 0 aliphatic carbocycles. The molecular formula is C20H28FN5S. The number of aliphatic imine (C=N–C) groups is 1. The van der Waals surface area contributed by atoms with Crippen molar-refractivity contribution in [2.75, 3.05) is 37.6 Å². The number of nitrogens with one attached hydrogen (secondary N) is 2. The van der Waals surface area contributed by atoms with Crippen LogP contribution in [-0.4, -0.2) is 43.7 Å². The summed E-state index contributed by atoms with van der Waals surface area (Å²) < 4.78 is 13.2. The molecule has 146 valence electrons. The Morgan fingerprint density at radius 2 is 2.11 bits per heavy atom. The first-order valence-corrected chi connectivity index (χ1v) is 10.6. The highest BCUT2D eigenvalue weighted by Crippen LogP contribution is 2.24. The summed E-state index contributed by atoms with van der Waals surface area (Å²) >= 11 is 1.73. The molecule has 2 aromatic rings. The molecule has 0 spiro atoms. The maximum Gasteiger partial charge on any atom is 0.191 e. The van der Waals surface area contributed by atoms with Crippen molar-refractivity contribution in [3.05, 3.63) is 46.7 Å². The van der Waals surface area contributed by atoms with E-state index in [-0.39, 0.29) is 5.82 Å². The van der Waals surface area contributed by atoms with Crippen molar-refractivity contribution in [3.63, 3.8) is 0 Å². The molecule has 1 aliphatic heterocycles. The summed E-state index contributed by atoms with van der Waals surface area (Å²) in [6, 6.07) is 6.73. The number of thiazole rings is 1. The third-order valence-corrected chi connectivity index (χ3v) is 5.44. The van der Waals surface area contributed by atoms with E-state index in [1.165, 1.54) is 18.9 Å². The van der Waals surface area contributed by atoms with Gasteiger partial charge < -0.3 is 15.5 Å². The first kappa shape index (κ1) is 19.6. The Labute approximate surface area is 164 Å². The maximum atomic E-state index is 13.2. The lowest BCUT2D eigenvalue weighted by Crippen LogP contribution is -2.38. The number of anilines is 1. The molecule has 3 rings (SSSR count). The second kappa shape index (κ2) is 10.3. The van der Waals surface area contributed by atoms with Crippen molar-refractivity contribution < 1.29 is 4.39 Å². The number of rotatable bonds is 8. The molecule has 1 aromatic heterocycles. The molecule has 1 aromatic carbocycles. The molecule has 1 aliphatic rings. The molecule has 0 unspecified atom stereocenters. The Balaban J connectivity index is 1.45. The van der Waals surface area contributed by atoms with Gasteiger partial charge in [-0.1, -0.05) is 12.1 Å². The van der Waals surface area contributed by atoms with Crippen LogP contribution in [0.5, 0.6) is 0 Å². The summed E-state index contributed by atoms with van der Waals surface area (Å²) in [6.07, 6.45) is 4.14. The Hall–Kier alpha value is -2.15. The van der Waals surface area contributed by atoms with Crippen LogP contribution >= 0.6 is 11.3 Å². The SMILES string of the molecule is CCNC(=NCCc1csc(N2CCCC2)n1)NCCc1cccc(F)c1. The minimum Gasteiger partial charge on any atom is -0.357 e. The number of hydrogen-bond acceptors (Lipinski definition) is 4. The van der Waals surface area contributed by atoms with Gasteiger partial charge in [0.05, 0.1) is 5.69 Å². The van der Waals surface area contributed by atoms with Crippen LogP contribution in [0.2, 0.25) is 0 Å². The smallest absolute Gasteiger partial charge is 0.191 e. The molecule has 0 amide bonds. The number of hydrogen-bond donors (Lipinski definition) is 2. The summed E-state index contributed by atoms with van der Waals surface area (Å²) in [6.45, 7) is 6.52. The largest absolute Gasteiger partial charge is 0.357 e. The van der Waals surface area contributed by atoms with Crippen LogP contribution < -0.4 is 15.5 Å². The first-order valence-electron chi connectivity index (χ1n) is 9.70.